The van der Waals surface area contributed by atoms with Crippen LogP contribution in [0.25, 0.3) is 0 Å². The van der Waals surface area contributed by atoms with Crippen molar-refractivity contribution in [2.45, 2.75) is 26.8 Å². The first kappa shape index (κ1) is 13.5. The highest BCUT2D eigenvalue weighted by Gasteiger charge is 2.07. The van der Waals surface area contributed by atoms with E-state index in [2.05, 4.69) is 20.4 Å². The van der Waals surface area contributed by atoms with E-state index >= 15 is 0 Å². The fourth-order valence-electron chi connectivity index (χ4n) is 1.67. The fourth-order valence-corrected chi connectivity index (χ4v) is 1.67. The monoisotopic (exact) mass is 265 g/mol. The van der Waals surface area contributed by atoms with E-state index < -0.39 is 0 Å². The zero-order valence-corrected chi connectivity index (χ0v) is 11.3. The zero-order valence-electron chi connectivity index (χ0n) is 11.3. The highest BCUT2D eigenvalue weighted by molar-refractivity contribution is 5.26. The number of hydrogen-bond acceptors (Lipinski definition) is 6. The van der Waals surface area contributed by atoms with Crippen LogP contribution in [0.3, 0.4) is 0 Å². The molecule has 0 unspecified atom stereocenters. The third-order valence-corrected chi connectivity index (χ3v) is 2.54. The Morgan fingerprint density at radius 1 is 1.47 bits per heavy atom. The Kier molecular flexibility index (Phi) is 4.91. The predicted octanol–water partition coefficient (Wildman–Crippen LogP) is 1.46. The summed E-state index contributed by atoms with van der Waals surface area (Å²) < 4.78 is 12.3. The summed E-state index contributed by atoms with van der Waals surface area (Å²) in [5, 5.41) is 7.03. The largest absolute Gasteiger partial charge is 0.382 e. The van der Waals surface area contributed by atoms with Gasteiger partial charge in [0.2, 0.25) is 11.8 Å². The maximum atomic E-state index is 5.28. The van der Waals surface area contributed by atoms with Crippen LogP contribution in [0.4, 0.5) is 5.95 Å². The Hall–Kier alpha value is -1.89. The van der Waals surface area contributed by atoms with Gasteiger partial charge in [-0.25, -0.2) is 4.98 Å². The van der Waals surface area contributed by atoms with Crippen molar-refractivity contribution in [3.63, 3.8) is 0 Å². The summed E-state index contributed by atoms with van der Waals surface area (Å²) in [6, 6.07) is 0. The van der Waals surface area contributed by atoms with Gasteiger partial charge in [-0.05, 0) is 20.3 Å². The van der Waals surface area contributed by atoms with Crippen molar-refractivity contribution < 1.29 is 9.26 Å². The SMILES string of the molecule is CCOCCCNc1nccn1Cc1nc(C)no1. The third-order valence-electron chi connectivity index (χ3n) is 2.54. The highest BCUT2D eigenvalue weighted by atomic mass is 16.5. The number of aromatic nitrogens is 4. The minimum absolute atomic E-state index is 0.522. The molecule has 0 saturated heterocycles. The zero-order chi connectivity index (χ0) is 13.5. The molecule has 19 heavy (non-hydrogen) atoms. The fraction of sp³-hybridized carbons (Fsp3) is 0.583. The van der Waals surface area contributed by atoms with Crippen LogP contribution in [0.1, 0.15) is 25.1 Å². The lowest BCUT2D eigenvalue weighted by atomic mass is 10.4. The number of imidazole rings is 1. The van der Waals surface area contributed by atoms with Crippen LogP contribution in [0.5, 0.6) is 0 Å². The molecule has 7 nitrogen and oxygen atoms in total. The lowest BCUT2D eigenvalue weighted by Crippen LogP contribution is -2.11. The summed E-state index contributed by atoms with van der Waals surface area (Å²) in [5.74, 6) is 2.02. The molecule has 104 valence electrons. The second kappa shape index (κ2) is 6.89. The Labute approximate surface area is 112 Å². The summed E-state index contributed by atoms with van der Waals surface area (Å²) >= 11 is 0. The van der Waals surface area contributed by atoms with Crippen LogP contribution in [0, 0.1) is 6.92 Å². The number of hydrogen-bond donors (Lipinski definition) is 1. The molecule has 2 aromatic heterocycles. The molecule has 0 aliphatic heterocycles. The maximum Gasteiger partial charge on any atom is 0.246 e. The van der Waals surface area contributed by atoms with Crippen molar-refractivity contribution in [2.24, 2.45) is 0 Å². The Bertz CT molecular complexity index is 494. The van der Waals surface area contributed by atoms with E-state index in [1.807, 2.05) is 17.7 Å². The van der Waals surface area contributed by atoms with Crippen LogP contribution in [-0.2, 0) is 11.3 Å². The van der Waals surface area contributed by atoms with Crippen LogP contribution >= 0.6 is 0 Å². The van der Waals surface area contributed by atoms with Gasteiger partial charge in [0, 0.05) is 32.2 Å². The van der Waals surface area contributed by atoms with E-state index in [9.17, 15) is 0 Å². The molecule has 0 radical (unpaired) electrons. The normalized spacial score (nSPS) is 10.8. The van der Waals surface area contributed by atoms with Crippen LogP contribution < -0.4 is 5.32 Å². The molecule has 1 N–H and O–H groups in total. The Morgan fingerprint density at radius 3 is 3.11 bits per heavy atom. The first-order valence-electron chi connectivity index (χ1n) is 6.41. The van der Waals surface area contributed by atoms with Gasteiger partial charge >= 0.3 is 0 Å². The van der Waals surface area contributed by atoms with Crippen LogP contribution in [0.2, 0.25) is 0 Å². The van der Waals surface area contributed by atoms with E-state index in [1.165, 1.54) is 0 Å². The molecule has 0 spiro atoms. The summed E-state index contributed by atoms with van der Waals surface area (Å²) in [7, 11) is 0. The standard InChI is InChI=1S/C12H19N5O2/c1-3-18-8-4-5-13-12-14-6-7-17(12)9-11-15-10(2)16-19-11/h6-7H,3-5,8-9H2,1-2H3,(H,13,14). The van der Waals surface area contributed by atoms with Gasteiger partial charge in [-0.1, -0.05) is 5.16 Å². The molecule has 0 aliphatic rings. The quantitative estimate of drug-likeness (QED) is 0.728. The molecule has 0 fully saturated rings. The smallest absolute Gasteiger partial charge is 0.246 e. The lowest BCUT2D eigenvalue weighted by molar-refractivity contribution is 0.147. The maximum absolute atomic E-state index is 5.28. The summed E-state index contributed by atoms with van der Waals surface area (Å²) in [4.78, 5) is 8.43. The van der Waals surface area contributed by atoms with Crippen LogP contribution in [0.15, 0.2) is 16.9 Å². The average Bonchev–Trinajstić information content (AvgIpc) is 3.00. The number of aryl methyl sites for hydroxylation is 1. The predicted molar refractivity (Wildman–Crippen MR) is 70.0 cm³/mol. The van der Waals surface area contributed by atoms with E-state index in [-0.39, 0.29) is 0 Å². The Balaban J connectivity index is 1.83. The number of rotatable bonds is 8. The molecule has 2 heterocycles. The molecule has 0 aliphatic carbocycles. The molecular weight excluding hydrogens is 246 g/mol. The minimum Gasteiger partial charge on any atom is -0.382 e. The second-order valence-corrected chi connectivity index (χ2v) is 4.09. The molecule has 0 amide bonds. The highest BCUT2D eigenvalue weighted by Crippen LogP contribution is 2.08. The van der Waals surface area contributed by atoms with E-state index in [4.69, 9.17) is 9.26 Å². The summed E-state index contributed by atoms with van der Waals surface area (Å²) in [6.07, 6.45) is 4.57. The second-order valence-electron chi connectivity index (χ2n) is 4.09. The van der Waals surface area contributed by atoms with Crippen molar-refractivity contribution >= 4 is 5.95 Å². The van der Waals surface area contributed by atoms with Gasteiger partial charge in [0.25, 0.3) is 0 Å². The van der Waals surface area contributed by atoms with Crippen LogP contribution in [-0.4, -0.2) is 39.5 Å². The lowest BCUT2D eigenvalue weighted by Gasteiger charge is -2.07. The molecule has 0 atom stereocenters. The topological polar surface area (TPSA) is 78.0 Å². The summed E-state index contributed by atoms with van der Waals surface area (Å²) in [5.41, 5.74) is 0. The Morgan fingerprint density at radius 2 is 2.37 bits per heavy atom. The molecule has 7 heteroatoms. The first-order valence-corrected chi connectivity index (χ1v) is 6.41. The number of anilines is 1. The van der Waals surface area contributed by atoms with Gasteiger partial charge < -0.3 is 19.1 Å². The summed E-state index contributed by atoms with van der Waals surface area (Å²) in [6.45, 7) is 6.65. The molecule has 0 bridgehead atoms. The molecule has 2 aromatic rings. The minimum atomic E-state index is 0.522. The van der Waals surface area contributed by atoms with Crippen molar-refractivity contribution in [3.8, 4) is 0 Å². The van der Waals surface area contributed by atoms with E-state index in [0.717, 1.165) is 32.1 Å². The average molecular weight is 265 g/mol. The number of nitrogens with zero attached hydrogens (tertiary/aromatic N) is 4. The molecular formula is C12H19N5O2. The van der Waals surface area contributed by atoms with Gasteiger partial charge in [0.05, 0.1) is 0 Å². The van der Waals surface area contributed by atoms with E-state index in [0.29, 0.717) is 18.3 Å². The number of ether oxygens (including phenoxy) is 1. The van der Waals surface area contributed by atoms with Crippen molar-refractivity contribution in [3.05, 3.63) is 24.1 Å². The molecule has 2 rings (SSSR count). The van der Waals surface area contributed by atoms with Gasteiger partial charge in [-0.2, -0.15) is 4.98 Å². The van der Waals surface area contributed by atoms with Crippen molar-refractivity contribution in [2.75, 3.05) is 25.1 Å². The van der Waals surface area contributed by atoms with Gasteiger partial charge in [-0.15, -0.1) is 0 Å². The van der Waals surface area contributed by atoms with Crippen molar-refractivity contribution in [1.82, 2.24) is 19.7 Å². The first-order chi connectivity index (χ1) is 9.29. The van der Waals surface area contributed by atoms with E-state index in [1.54, 1.807) is 13.1 Å². The molecule has 0 aromatic carbocycles. The number of nitrogens with one attached hydrogen (secondary N) is 1. The van der Waals surface area contributed by atoms with Gasteiger partial charge in [0.15, 0.2) is 5.82 Å². The van der Waals surface area contributed by atoms with Gasteiger partial charge in [0.1, 0.15) is 6.54 Å². The van der Waals surface area contributed by atoms with Gasteiger partial charge in [-0.3, -0.25) is 0 Å². The molecule has 0 saturated carbocycles. The van der Waals surface area contributed by atoms with Crippen molar-refractivity contribution in [1.29, 1.82) is 0 Å². The third kappa shape index (κ3) is 4.06.